The van der Waals surface area contributed by atoms with Crippen LogP contribution in [0.25, 0.3) is 10.2 Å². The van der Waals surface area contributed by atoms with Crippen molar-refractivity contribution in [2.24, 2.45) is 5.92 Å². The molecule has 3 aromatic carbocycles. The summed E-state index contributed by atoms with van der Waals surface area (Å²) in [5.74, 6) is -1.49. The molecule has 5 nitrogen and oxygen atoms in total. The smallest absolute Gasteiger partial charge is 0.256 e. The first-order valence-electron chi connectivity index (χ1n) is 11.6. The average molecular weight is 490 g/mol. The molecule has 0 aliphatic carbocycles. The van der Waals surface area contributed by atoms with E-state index < -0.39 is 17.8 Å². The molecule has 4 rings (SSSR count). The number of hydrogen-bond acceptors (Lipinski definition) is 4. The molecule has 0 fully saturated rings. The number of benzene rings is 3. The largest absolute Gasteiger partial charge is 0.340 e. The van der Waals surface area contributed by atoms with E-state index in [1.54, 1.807) is 11.0 Å². The van der Waals surface area contributed by atoms with Crippen LogP contribution in [0, 0.1) is 11.7 Å². The van der Waals surface area contributed by atoms with E-state index in [1.165, 1.54) is 29.5 Å². The number of amides is 2. The lowest BCUT2D eigenvalue weighted by Gasteiger charge is -2.28. The second-order valence-corrected chi connectivity index (χ2v) is 10.1. The van der Waals surface area contributed by atoms with E-state index in [9.17, 15) is 14.0 Å². The van der Waals surface area contributed by atoms with E-state index in [-0.39, 0.29) is 17.4 Å². The number of nitrogens with zero attached hydrogens (tertiary/aromatic N) is 2. The van der Waals surface area contributed by atoms with Crippen LogP contribution in [0.15, 0.2) is 72.8 Å². The molecule has 0 aliphatic heterocycles. The fourth-order valence-electron chi connectivity index (χ4n) is 3.81. The Labute approximate surface area is 208 Å². The highest BCUT2D eigenvalue weighted by Crippen LogP contribution is 2.35. The molecule has 180 valence electrons. The van der Waals surface area contributed by atoms with Gasteiger partial charge in [-0.2, -0.15) is 0 Å². The van der Waals surface area contributed by atoms with Crippen molar-refractivity contribution >= 4 is 44.2 Å². The van der Waals surface area contributed by atoms with Gasteiger partial charge < -0.3 is 5.32 Å². The van der Waals surface area contributed by atoms with Crippen LogP contribution in [0.3, 0.4) is 0 Å². The second-order valence-electron chi connectivity index (χ2n) is 9.06. The fourth-order valence-corrected chi connectivity index (χ4v) is 4.81. The van der Waals surface area contributed by atoms with Crippen molar-refractivity contribution in [2.45, 2.75) is 39.7 Å². The van der Waals surface area contributed by atoms with Crippen LogP contribution >= 0.6 is 11.3 Å². The summed E-state index contributed by atoms with van der Waals surface area (Å²) in [6, 6.07) is 20.3. The van der Waals surface area contributed by atoms with Gasteiger partial charge in [-0.25, -0.2) is 9.37 Å². The molecule has 0 radical (unpaired) electrons. The van der Waals surface area contributed by atoms with Gasteiger partial charge in [-0.3, -0.25) is 14.5 Å². The molecule has 0 bridgehead atoms. The maximum absolute atomic E-state index is 14.2. The van der Waals surface area contributed by atoms with Crippen LogP contribution in [0.5, 0.6) is 0 Å². The topological polar surface area (TPSA) is 62.3 Å². The van der Waals surface area contributed by atoms with E-state index in [1.807, 2.05) is 62.4 Å². The third kappa shape index (κ3) is 5.25. The van der Waals surface area contributed by atoms with Crippen molar-refractivity contribution in [3.8, 4) is 0 Å². The highest BCUT2D eigenvalue weighted by molar-refractivity contribution is 7.22. The van der Waals surface area contributed by atoms with Crippen LogP contribution in [-0.2, 0) is 4.79 Å². The molecule has 35 heavy (non-hydrogen) atoms. The summed E-state index contributed by atoms with van der Waals surface area (Å²) in [6.07, 6.45) is 0. The zero-order chi connectivity index (χ0) is 25.1. The lowest BCUT2D eigenvalue weighted by molar-refractivity contribution is -0.120. The first kappa shape index (κ1) is 24.5. The number of anilines is 2. The molecule has 0 saturated carbocycles. The summed E-state index contributed by atoms with van der Waals surface area (Å²) in [6.45, 7) is 7.92. The van der Waals surface area contributed by atoms with Crippen molar-refractivity contribution in [3.05, 3.63) is 89.7 Å². The first-order valence-corrected chi connectivity index (χ1v) is 12.4. The second kappa shape index (κ2) is 10.4. The van der Waals surface area contributed by atoms with E-state index in [0.717, 1.165) is 15.8 Å². The molecule has 0 spiro atoms. The Morgan fingerprint density at radius 2 is 1.57 bits per heavy atom. The van der Waals surface area contributed by atoms with Gasteiger partial charge in [0, 0.05) is 0 Å². The maximum Gasteiger partial charge on any atom is 0.256 e. The maximum atomic E-state index is 14.2. The molecule has 0 saturated heterocycles. The molecular formula is C28H28FN3O2S. The number of para-hydroxylation sites is 1. The average Bonchev–Trinajstić information content (AvgIpc) is 3.26. The van der Waals surface area contributed by atoms with Gasteiger partial charge in [0.1, 0.15) is 11.9 Å². The zero-order valence-corrected chi connectivity index (χ0v) is 21.0. The summed E-state index contributed by atoms with van der Waals surface area (Å²) in [5.41, 5.74) is 2.50. The molecule has 1 heterocycles. The molecule has 0 unspecified atom stereocenters. The van der Waals surface area contributed by atoms with Gasteiger partial charge in [0.2, 0.25) is 0 Å². The molecule has 1 N–H and O–H groups in total. The van der Waals surface area contributed by atoms with E-state index in [4.69, 9.17) is 4.98 Å². The standard InChI is InChI=1S/C28H28FN3O2S/c1-17(2)19-13-15-20(16-14-19)32(28-30-23-11-7-8-12-24(23)35-28)27(34)25(18(3)4)31-26(33)21-9-5-6-10-22(21)29/h5-18,25H,1-4H3,(H,31,33)/t25-/m0/s1. The predicted octanol–water partition coefficient (Wildman–Crippen LogP) is 6.68. The van der Waals surface area contributed by atoms with Gasteiger partial charge in [-0.05, 0) is 53.8 Å². The lowest BCUT2D eigenvalue weighted by Crippen LogP contribution is -2.50. The highest BCUT2D eigenvalue weighted by Gasteiger charge is 2.33. The molecule has 0 aliphatic rings. The van der Waals surface area contributed by atoms with Crippen molar-refractivity contribution in [1.29, 1.82) is 0 Å². The quantitative estimate of drug-likeness (QED) is 0.315. The number of thiazole rings is 1. The summed E-state index contributed by atoms with van der Waals surface area (Å²) in [4.78, 5) is 33.2. The summed E-state index contributed by atoms with van der Waals surface area (Å²) >= 11 is 1.41. The molecule has 1 aromatic heterocycles. The molecule has 7 heteroatoms. The third-order valence-corrected chi connectivity index (χ3v) is 6.87. The molecular weight excluding hydrogens is 461 g/mol. The van der Waals surface area contributed by atoms with Crippen LogP contribution in [0.1, 0.15) is 49.5 Å². The summed E-state index contributed by atoms with van der Waals surface area (Å²) in [5, 5.41) is 3.28. The van der Waals surface area contributed by atoms with Crippen LogP contribution < -0.4 is 10.2 Å². The van der Waals surface area contributed by atoms with Crippen LogP contribution in [0.2, 0.25) is 0 Å². The summed E-state index contributed by atoms with van der Waals surface area (Å²) in [7, 11) is 0. The number of hydrogen-bond donors (Lipinski definition) is 1. The van der Waals surface area contributed by atoms with Gasteiger partial charge in [0.05, 0.1) is 21.5 Å². The SMILES string of the molecule is CC(C)c1ccc(N(C(=O)[C@@H](NC(=O)c2ccccc2F)C(C)C)c2nc3ccccc3s2)cc1. The number of nitrogens with one attached hydrogen (secondary N) is 1. The van der Waals surface area contributed by atoms with Crippen LogP contribution in [-0.4, -0.2) is 22.8 Å². The minimum Gasteiger partial charge on any atom is -0.340 e. The lowest BCUT2D eigenvalue weighted by atomic mass is 10.0. The van der Waals surface area contributed by atoms with Crippen molar-refractivity contribution < 1.29 is 14.0 Å². The highest BCUT2D eigenvalue weighted by atomic mass is 32.1. The fraction of sp³-hybridized carbons (Fsp3) is 0.250. The number of aromatic nitrogens is 1. The molecule has 4 aromatic rings. The van der Waals surface area contributed by atoms with E-state index >= 15 is 0 Å². The Morgan fingerprint density at radius 3 is 2.20 bits per heavy atom. The number of rotatable bonds is 7. The Hall–Kier alpha value is -3.58. The van der Waals surface area contributed by atoms with Crippen molar-refractivity contribution in [3.63, 3.8) is 0 Å². The Morgan fingerprint density at radius 1 is 0.914 bits per heavy atom. The third-order valence-electron chi connectivity index (χ3n) is 5.85. The van der Waals surface area contributed by atoms with Crippen molar-refractivity contribution in [1.82, 2.24) is 10.3 Å². The van der Waals surface area contributed by atoms with E-state index in [2.05, 4.69) is 19.2 Å². The first-order chi connectivity index (χ1) is 16.8. The Balaban J connectivity index is 1.74. The van der Waals surface area contributed by atoms with Gasteiger partial charge in [0.25, 0.3) is 11.8 Å². The number of fused-ring (bicyclic) bond motifs is 1. The van der Waals surface area contributed by atoms with Gasteiger partial charge in [-0.15, -0.1) is 0 Å². The number of carbonyl (C=O) groups excluding carboxylic acids is 2. The van der Waals surface area contributed by atoms with Gasteiger partial charge in [-0.1, -0.05) is 75.4 Å². The number of carbonyl (C=O) groups is 2. The summed E-state index contributed by atoms with van der Waals surface area (Å²) < 4.78 is 15.2. The van der Waals surface area contributed by atoms with Gasteiger partial charge in [0.15, 0.2) is 5.13 Å². The normalized spacial score (nSPS) is 12.2. The zero-order valence-electron chi connectivity index (χ0n) is 20.2. The monoisotopic (exact) mass is 489 g/mol. The molecule has 2 amide bonds. The Kier molecular flexibility index (Phi) is 7.26. The van der Waals surface area contributed by atoms with Crippen molar-refractivity contribution in [2.75, 3.05) is 4.90 Å². The minimum atomic E-state index is -0.890. The van der Waals surface area contributed by atoms with E-state index in [0.29, 0.717) is 16.7 Å². The van der Waals surface area contributed by atoms with Gasteiger partial charge >= 0.3 is 0 Å². The Bertz CT molecular complexity index is 1310. The minimum absolute atomic E-state index is 0.0984. The molecule has 1 atom stereocenters. The van der Waals surface area contributed by atoms with Crippen LogP contribution in [0.4, 0.5) is 15.2 Å². The predicted molar refractivity (Wildman–Crippen MR) is 140 cm³/mol. The number of halogens is 1.